The summed E-state index contributed by atoms with van der Waals surface area (Å²) in [5.74, 6) is 1.72. The first kappa shape index (κ1) is 14.4. The van der Waals surface area contributed by atoms with Gasteiger partial charge in [-0.25, -0.2) is 0 Å². The number of benzene rings is 1. The third kappa shape index (κ3) is 3.39. The van der Waals surface area contributed by atoms with Crippen molar-refractivity contribution in [3.63, 3.8) is 0 Å². The molecule has 2 heterocycles. The van der Waals surface area contributed by atoms with Crippen molar-refractivity contribution < 1.29 is 9.47 Å². The summed E-state index contributed by atoms with van der Waals surface area (Å²) in [7, 11) is 0. The second-order valence-corrected chi connectivity index (χ2v) is 5.98. The highest BCUT2D eigenvalue weighted by atomic mass is 32.1. The molecule has 1 atom stereocenters. The van der Waals surface area contributed by atoms with Crippen molar-refractivity contribution in [1.29, 1.82) is 0 Å². The monoisotopic (exact) mass is 303 g/mol. The van der Waals surface area contributed by atoms with Crippen LogP contribution in [0.1, 0.15) is 36.9 Å². The minimum Gasteiger partial charge on any atom is -0.490 e. The van der Waals surface area contributed by atoms with Crippen LogP contribution < -0.4 is 14.8 Å². The number of hydrogen-bond donors (Lipinski definition) is 1. The molecule has 1 unspecified atom stereocenters. The van der Waals surface area contributed by atoms with E-state index in [1.165, 1.54) is 11.1 Å². The minimum atomic E-state index is 0.216. The lowest BCUT2D eigenvalue weighted by molar-refractivity contribution is 0.297. The Morgan fingerprint density at radius 2 is 2.00 bits per heavy atom. The maximum absolute atomic E-state index is 5.81. The van der Waals surface area contributed by atoms with Crippen molar-refractivity contribution in [1.82, 2.24) is 5.32 Å². The molecule has 1 aromatic carbocycles. The topological polar surface area (TPSA) is 30.5 Å². The fourth-order valence-electron chi connectivity index (χ4n) is 2.52. The van der Waals surface area contributed by atoms with Crippen LogP contribution in [0.15, 0.2) is 35.0 Å². The Bertz CT molecular complexity index is 568. The van der Waals surface area contributed by atoms with Crippen molar-refractivity contribution in [2.45, 2.75) is 25.8 Å². The molecule has 1 aliphatic heterocycles. The SMILES string of the molecule is CCCNC(c1ccsc1)c1ccc2c(c1)OCCCO2. The zero-order chi connectivity index (χ0) is 14.5. The largest absolute Gasteiger partial charge is 0.490 e. The smallest absolute Gasteiger partial charge is 0.161 e. The number of fused-ring (bicyclic) bond motifs is 1. The van der Waals surface area contributed by atoms with Crippen molar-refractivity contribution in [2.75, 3.05) is 19.8 Å². The molecule has 0 radical (unpaired) electrons. The summed E-state index contributed by atoms with van der Waals surface area (Å²) in [6.07, 6.45) is 2.05. The Morgan fingerprint density at radius 3 is 2.76 bits per heavy atom. The molecule has 0 saturated heterocycles. The van der Waals surface area contributed by atoms with Crippen LogP contribution in [0.2, 0.25) is 0 Å². The van der Waals surface area contributed by atoms with Crippen LogP contribution in [0.4, 0.5) is 0 Å². The van der Waals surface area contributed by atoms with E-state index in [0.717, 1.165) is 44.1 Å². The Morgan fingerprint density at radius 1 is 1.14 bits per heavy atom. The summed E-state index contributed by atoms with van der Waals surface area (Å²) < 4.78 is 11.5. The first-order valence-electron chi connectivity index (χ1n) is 7.53. The van der Waals surface area contributed by atoms with E-state index in [9.17, 15) is 0 Å². The van der Waals surface area contributed by atoms with E-state index in [1.54, 1.807) is 11.3 Å². The molecule has 4 heteroatoms. The molecule has 0 fully saturated rings. The maximum atomic E-state index is 5.81. The van der Waals surface area contributed by atoms with Gasteiger partial charge in [-0.2, -0.15) is 11.3 Å². The van der Waals surface area contributed by atoms with E-state index in [4.69, 9.17) is 9.47 Å². The summed E-state index contributed by atoms with van der Waals surface area (Å²) in [6, 6.07) is 8.68. The lowest BCUT2D eigenvalue weighted by Crippen LogP contribution is -2.22. The highest BCUT2D eigenvalue weighted by Gasteiger charge is 2.17. The highest BCUT2D eigenvalue weighted by Crippen LogP contribution is 2.34. The van der Waals surface area contributed by atoms with Gasteiger partial charge in [-0.1, -0.05) is 13.0 Å². The van der Waals surface area contributed by atoms with Gasteiger partial charge in [0.2, 0.25) is 0 Å². The molecule has 3 nitrogen and oxygen atoms in total. The Hall–Kier alpha value is -1.52. The van der Waals surface area contributed by atoms with E-state index >= 15 is 0 Å². The van der Waals surface area contributed by atoms with Crippen LogP contribution in [-0.2, 0) is 0 Å². The Balaban J connectivity index is 1.90. The van der Waals surface area contributed by atoms with Crippen LogP contribution in [0.5, 0.6) is 11.5 Å². The zero-order valence-corrected chi connectivity index (χ0v) is 13.1. The summed E-state index contributed by atoms with van der Waals surface area (Å²) >= 11 is 1.73. The molecule has 112 valence electrons. The number of nitrogens with one attached hydrogen (secondary N) is 1. The number of thiophene rings is 1. The average molecular weight is 303 g/mol. The zero-order valence-electron chi connectivity index (χ0n) is 12.3. The standard InChI is InChI=1S/C17H21NO2S/c1-2-7-18-17(14-6-10-21-12-14)13-4-5-15-16(11-13)20-9-3-8-19-15/h4-6,10-12,17-18H,2-3,7-9H2,1H3. The van der Waals surface area contributed by atoms with Gasteiger partial charge in [-0.05, 0) is 53.1 Å². The van der Waals surface area contributed by atoms with Crippen LogP contribution in [-0.4, -0.2) is 19.8 Å². The molecule has 0 aliphatic carbocycles. The van der Waals surface area contributed by atoms with Gasteiger partial charge in [0.25, 0.3) is 0 Å². The number of ether oxygens (including phenoxy) is 2. The molecular weight excluding hydrogens is 282 g/mol. The second-order valence-electron chi connectivity index (χ2n) is 5.20. The van der Waals surface area contributed by atoms with Crippen LogP contribution in [0.3, 0.4) is 0 Å². The first-order valence-corrected chi connectivity index (χ1v) is 8.48. The number of hydrogen-bond acceptors (Lipinski definition) is 4. The molecule has 1 aliphatic rings. The van der Waals surface area contributed by atoms with E-state index in [1.807, 2.05) is 6.07 Å². The summed E-state index contributed by atoms with van der Waals surface area (Å²) in [5.41, 5.74) is 2.54. The molecule has 0 bridgehead atoms. The normalized spacial score (nSPS) is 15.5. The molecule has 1 N–H and O–H groups in total. The molecule has 1 aromatic heterocycles. The molecule has 0 saturated carbocycles. The van der Waals surface area contributed by atoms with Crippen LogP contribution in [0, 0.1) is 0 Å². The Kier molecular flexibility index (Phi) is 4.78. The lowest BCUT2D eigenvalue weighted by Gasteiger charge is -2.19. The van der Waals surface area contributed by atoms with E-state index in [2.05, 4.69) is 41.2 Å². The van der Waals surface area contributed by atoms with E-state index < -0.39 is 0 Å². The highest BCUT2D eigenvalue weighted by molar-refractivity contribution is 7.08. The minimum absolute atomic E-state index is 0.216. The Labute approximate surface area is 129 Å². The van der Waals surface area contributed by atoms with E-state index in [0.29, 0.717) is 0 Å². The molecule has 0 amide bonds. The van der Waals surface area contributed by atoms with Crippen molar-refractivity contribution in [3.8, 4) is 11.5 Å². The van der Waals surface area contributed by atoms with Gasteiger partial charge in [0.05, 0.1) is 19.3 Å². The number of rotatable bonds is 5. The summed E-state index contributed by atoms with van der Waals surface area (Å²) in [5, 5.41) is 7.95. The fourth-order valence-corrected chi connectivity index (χ4v) is 3.20. The molecule has 0 spiro atoms. The van der Waals surface area contributed by atoms with Gasteiger partial charge in [0, 0.05) is 6.42 Å². The molecule has 21 heavy (non-hydrogen) atoms. The van der Waals surface area contributed by atoms with Gasteiger partial charge < -0.3 is 14.8 Å². The van der Waals surface area contributed by atoms with Crippen molar-refractivity contribution in [3.05, 3.63) is 46.2 Å². The first-order chi connectivity index (χ1) is 10.4. The van der Waals surface area contributed by atoms with Crippen LogP contribution in [0.25, 0.3) is 0 Å². The average Bonchev–Trinajstić information content (AvgIpc) is 2.93. The predicted octanol–water partition coefficient (Wildman–Crippen LogP) is 4.00. The molecular formula is C17H21NO2S. The second kappa shape index (κ2) is 6.96. The third-order valence-corrected chi connectivity index (χ3v) is 4.28. The molecule has 3 rings (SSSR count). The van der Waals surface area contributed by atoms with E-state index in [-0.39, 0.29) is 6.04 Å². The van der Waals surface area contributed by atoms with Crippen LogP contribution >= 0.6 is 11.3 Å². The van der Waals surface area contributed by atoms with Gasteiger partial charge in [0.15, 0.2) is 11.5 Å². The van der Waals surface area contributed by atoms with Gasteiger partial charge in [-0.3, -0.25) is 0 Å². The predicted molar refractivity (Wildman–Crippen MR) is 86.5 cm³/mol. The fraction of sp³-hybridized carbons (Fsp3) is 0.412. The van der Waals surface area contributed by atoms with Crippen molar-refractivity contribution in [2.24, 2.45) is 0 Å². The molecule has 2 aromatic rings. The van der Waals surface area contributed by atoms with Gasteiger partial charge in [0.1, 0.15) is 0 Å². The van der Waals surface area contributed by atoms with Crippen molar-refractivity contribution >= 4 is 11.3 Å². The van der Waals surface area contributed by atoms with Gasteiger partial charge >= 0.3 is 0 Å². The maximum Gasteiger partial charge on any atom is 0.161 e. The quantitative estimate of drug-likeness (QED) is 0.905. The third-order valence-electron chi connectivity index (χ3n) is 3.58. The lowest BCUT2D eigenvalue weighted by atomic mass is 10.0. The summed E-state index contributed by atoms with van der Waals surface area (Å²) in [6.45, 7) is 4.64. The summed E-state index contributed by atoms with van der Waals surface area (Å²) in [4.78, 5) is 0. The van der Waals surface area contributed by atoms with Gasteiger partial charge in [-0.15, -0.1) is 0 Å².